The zero-order chi connectivity index (χ0) is 12.4. The van der Waals surface area contributed by atoms with E-state index in [1.807, 2.05) is 30.3 Å². The summed E-state index contributed by atoms with van der Waals surface area (Å²) in [5.41, 5.74) is 3.06. The third-order valence-electron chi connectivity index (χ3n) is 2.79. The molecule has 4 nitrogen and oxygen atoms in total. The van der Waals surface area contributed by atoms with Gasteiger partial charge in [-0.1, -0.05) is 6.07 Å². The quantitative estimate of drug-likeness (QED) is 0.687. The van der Waals surface area contributed by atoms with E-state index in [0.29, 0.717) is 5.88 Å². The molecule has 3 rings (SSSR count). The van der Waals surface area contributed by atoms with E-state index in [9.17, 15) is 0 Å². The minimum absolute atomic E-state index is 0.626. The summed E-state index contributed by atoms with van der Waals surface area (Å²) in [5, 5.41) is 8.73. The smallest absolute Gasteiger partial charge is 0.213 e. The zero-order valence-corrected chi connectivity index (χ0v) is 9.87. The van der Waals surface area contributed by atoms with Crippen LogP contribution >= 0.6 is 0 Å². The molecule has 88 valence electrons. The van der Waals surface area contributed by atoms with Crippen molar-refractivity contribution in [2.75, 3.05) is 7.11 Å². The highest BCUT2D eigenvalue weighted by Crippen LogP contribution is 2.24. The predicted molar refractivity (Wildman–Crippen MR) is 69.3 cm³/mol. The molecule has 0 amide bonds. The average molecular weight is 237 g/mol. The highest BCUT2D eigenvalue weighted by Gasteiger charge is 2.02. The van der Waals surface area contributed by atoms with Crippen LogP contribution in [0.1, 0.15) is 0 Å². The van der Waals surface area contributed by atoms with Gasteiger partial charge in [-0.15, -0.1) is 0 Å². The first kappa shape index (κ1) is 10.7. The Balaban J connectivity index is 2.12. The van der Waals surface area contributed by atoms with Crippen molar-refractivity contribution >= 4 is 10.9 Å². The molecule has 4 heteroatoms. The molecule has 2 heterocycles. The number of aromatic nitrogens is 3. The Morgan fingerprint density at radius 2 is 1.89 bits per heavy atom. The maximum atomic E-state index is 5.11. The third-order valence-corrected chi connectivity index (χ3v) is 2.79. The van der Waals surface area contributed by atoms with Gasteiger partial charge in [-0.2, -0.15) is 10.2 Å². The first-order chi connectivity index (χ1) is 8.86. The van der Waals surface area contributed by atoms with E-state index >= 15 is 0 Å². The number of nitrogens with zero attached hydrogens (tertiary/aromatic N) is 3. The van der Waals surface area contributed by atoms with Crippen LogP contribution in [0.15, 0.2) is 48.8 Å². The lowest BCUT2D eigenvalue weighted by Crippen LogP contribution is -1.88. The molecule has 18 heavy (non-hydrogen) atoms. The second-order valence-electron chi connectivity index (χ2n) is 3.89. The van der Waals surface area contributed by atoms with Gasteiger partial charge in [-0.25, -0.2) is 4.98 Å². The van der Waals surface area contributed by atoms with Gasteiger partial charge in [0.05, 0.1) is 25.0 Å². The van der Waals surface area contributed by atoms with Gasteiger partial charge in [-0.05, 0) is 29.8 Å². The average Bonchev–Trinajstić information content (AvgIpc) is 2.47. The van der Waals surface area contributed by atoms with Crippen molar-refractivity contribution in [3.05, 3.63) is 48.8 Å². The Hall–Kier alpha value is -2.49. The van der Waals surface area contributed by atoms with Crippen molar-refractivity contribution in [2.24, 2.45) is 0 Å². The Labute approximate surface area is 104 Å². The molecule has 0 saturated carbocycles. The summed E-state index contributed by atoms with van der Waals surface area (Å²) in [6, 6.07) is 11.9. The predicted octanol–water partition coefficient (Wildman–Crippen LogP) is 2.70. The van der Waals surface area contributed by atoms with Gasteiger partial charge >= 0.3 is 0 Å². The summed E-state index contributed by atoms with van der Waals surface area (Å²) in [6.45, 7) is 0. The molecule has 0 aliphatic rings. The molecule has 0 aliphatic carbocycles. The van der Waals surface area contributed by atoms with E-state index in [4.69, 9.17) is 4.74 Å². The molecule has 0 unspecified atom stereocenters. The zero-order valence-electron chi connectivity index (χ0n) is 9.87. The SMILES string of the molecule is COc1ccc2cc(-c3ccnnc3)ccc2n1. The fraction of sp³-hybridized carbons (Fsp3) is 0.0714. The number of hydrogen-bond donors (Lipinski definition) is 0. The van der Waals surface area contributed by atoms with E-state index in [0.717, 1.165) is 22.0 Å². The second-order valence-corrected chi connectivity index (χ2v) is 3.89. The van der Waals surface area contributed by atoms with Gasteiger partial charge in [-0.3, -0.25) is 0 Å². The number of rotatable bonds is 2. The molecule has 0 atom stereocenters. The Morgan fingerprint density at radius 3 is 2.67 bits per heavy atom. The topological polar surface area (TPSA) is 47.9 Å². The molecule has 2 aromatic heterocycles. The maximum absolute atomic E-state index is 5.11. The number of methoxy groups -OCH3 is 1. The van der Waals surface area contributed by atoms with E-state index in [1.54, 1.807) is 19.5 Å². The fourth-order valence-electron chi connectivity index (χ4n) is 1.86. The van der Waals surface area contributed by atoms with Gasteiger partial charge in [0, 0.05) is 17.0 Å². The molecule has 0 fully saturated rings. The molecule has 0 saturated heterocycles. The number of benzene rings is 1. The van der Waals surface area contributed by atoms with Crippen molar-refractivity contribution in [2.45, 2.75) is 0 Å². The molecule has 3 aromatic rings. The summed E-state index contributed by atoms with van der Waals surface area (Å²) in [7, 11) is 1.62. The summed E-state index contributed by atoms with van der Waals surface area (Å²) in [4.78, 5) is 4.38. The number of pyridine rings is 1. The Bertz CT molecular complexity index is 683. The van der Waals surface area contributed by atoms with Crippen molar-refractivity contribution in [1.29, 1.82) is 0 Å². The van der Waals surface area contributed by atoms with Gasteiger partial charge in [0.2, 0.25) is 5.88 Å². The first-order valence-corrected chi connectivity index (χ1v) is 5.59. The van der Waals surface area contributed by atoms with Gasteiger partial charge in [0.25, 0.3) is 0 Å². The van der Waals surface area contributed by atoms with E-state index < -0.39 is 0 Å². The Morgan fingerprint density at radius 1 is 0.944 bits per heavy atom. The van der Waals surface area contributed by atoms with Crippen LogP contribution in [0.4, 0.5) is 0 Å². The molecule has 1 aromatic carbocycles. The number of fused-ring (bicyclic) bond motifs is 1. The lowest BCUT2D eigenvalue weighted by atomic mass is 10.1. The maximum Gasteiger partial charge on any atom is 0.213 e. The minimum atomic E-state index is 0.626. The summed E-state index contributed by atoms with van der Waals surface area (Å²) >= 11 is 0. The van der Waals surface area contributed by atoms with Gasteiger partial charge in [0.1, 0.15) is 0 Å². The van der Waals surface area contributed by atoms with Crippen molar-refractivity contribution in [3.8, 4) is 17.0 Å². The number of hydrogen-bond acceptors (Lipinski definition) is 4. The van der Waals surface area contributed by atoms with Crippen LogP contribution in [0, 0.1) is 0 Å². The van der Waals surface area contributed by atoms with E-state index in [-0.39, 0.29) is 0 Å². The molecule has 0 spiro atoms. The molecular formula is C14H11N3O. The molecular weight excluding hydrogens is 226 g/mol. The second kappa shape index (κ2) is 4.41. The van der Waals surface area contributed by atoms with Crippen LogP contribution in [0.5, 0.6) is 5.88 Å². The summed E-state index contributed by atoms with van der Waals surface area (Å²) in [6.07, 6.45) is 3.43. The van der Waals surface area contributed by atoms with Crippen LogP contribution in [-0.4, -0.2) is 22.3 Å². The molecule has 0 bridgehead atoms. The lowest BCUT2D eigenvalue weighted by molar-refractivity contribution is 0.399. The molecule has 0 N–H and O–H groups in total. The van der Waals surface area contributed by atoms with Crippen LogP contribution in [0.25, 0.3) is 22.0 Å². The van der Waals surface area contributed by atoms with Crippen LogP contribution in [0.2, 0.25) is 0 Å². The van der Waals surface area contributed by atoms with Crippen molar-refractivity contribution in [3.63, 3.8) is 0 Å². The van der Waals surface area contributed by atoms with Crippen molar-refractivity contribution < 1.29 is 4.74 Å². The third kappa shape index (κ3) is 1.88. The highest BCUT2D eigenvalue weighted by atomic mass is 16.5. The van der Waals surface area contributed by atoms with E-state index in [1.165, 1.54) is 0 Å². The van der Waals surface area contributed by atoms with E-state index in [2.05, 4.69) is 21.2 Å². The van der Waals surface area contributed by atoms with Crippen LogP contribution in [0.3, 0.4) is 0 Å². The minimum Gasteiger partial charge on any atom is -0.481 e. The normalized spacial score (nSPS) is 10.5. The molecule has 0 radical (unpaired) electrons. The van der Waals surface area contributed by atoms with Crippen molar-refractivity contribution in [1.82, 2.24) is 15.2 Å². The fourth-order valence-corrected chi connectivity index (χ4v) is 1.86. The Kier molecular flexibility index (Phi) is 2.61. The van der Waals surface area contributed by atoms with Gasteiger partial charge in [0.15, 0.2) is 0 Å². The highest BCUT2D eigenvalue weighted by molar-refractivity contribution is 5.84. The lowest BCUT2D eigenvalue weighted by Gasteiger charge is -2.04. The van der Waals surface area contributed by atoms with Crippen LogP contribution < -0.4 is 4.74 Å². The van der Waals surface area contributed by atoms with Crippen LogP contribution in [-0.2, 0) is 0 Å². The summed E-state index contributed by atoms with van der Waals surface area (Å²) in [5.74, 6) is 0.626. The molecule has 0 aliphatic heterocycles. The monoisotopic (exact) mass is 237 g/mol. The summed E-state index contributed by atoms with van der Waals surface area (Å²) < 4.78 is 5.11. The standard InChI is InChI=1S/C14H11N3O/c1-18-14-5-3-11-8-10(2-4-13(11)17-14)12-6-7-15-16-9-12/h2-9H,1H3. The largest absolute Gasteiger partial charge is 0.481 e. The van der Waals surface area contributed by atoms with Gasteiger partial charge < -0.3 is 4.74 Å². The number of ether oxygens (including phenoxy) is 1. The first-order valence-electron chi connectivity index (χ1n) is 5.59.